The first kappa shape index (κ1) is 15.2. The molecule has 3 N–H and O–H groups in total. The first-order valence-electron chi connectivity index (χ1n) is 6.97. The molecule has 114 valence electrons. The van der Waals surface area contributed by atoms with Crippen molar-refractivity contribution in [3.63, 3.8) is 0 Å². The highest BCUT2D eigenvalue weighted by molar-refractivity contribution is 5.77. The highest BCUT2D eigenvalue weighted by atomic mass is 16.6. The maximum absolute atomic E-state index is 11.8. The van der Waals surface area contributed by atoms with Gasteiger partial charge in [-0.3, -0.25) is 14.9 Å². The number of nitrogens with two attached hydrogens (primary N) is 1. The van der Waals surface area contributed by atoms with Crippen LogP contribution in [0.2, 0.25) is 0 Å². The van der Waals surface area contributed by atoms with Crippen LogP contribution in [-0.4, -0.2) is 30.0 Å². The molecule has 7 heteroatoms. The lowest BCUT2D eigenvalue weighted by molar-refractivity contribution is -0.384. The fourth-order valence-corrected chi connectivity index (χ4v) is 2.59. The zero-order valence-corrected chi connectivity index (χ0v) is 11.7. The Labute approximate surface area is 122 Å². The highest BCUT2D eigenvalue weighted by Gasteiger charge is 2.27. The second-order valence-electron chi connectivity index (χ2n) is 5.14. The number of carbonyl (C=O) groups excluding carboxylic acids is 1. The third kappa shape index (κ3) is 4.16. The summed E-state index contributed by atoms with van der Waals surface area (Å²) in [5.41, 5.74) is 5.60. The predicted octanol–water partition coefficient (Wildman–Crippen LogP) is 1.22. The van der Waals surface area contributed by atoms with Gasteiger partial charge in [0, 0.05) is 12.1 Å². The van der Waals surface area contributed by atoms with Crippen molar-refractivity contribution in [1.82, 2.24) is 5.32 Å². The summed E-state index contributed by atoms with van der Waals surface area (Å²) in [6.45, 7) is 0.408. The van der Waals surface area contributed by atoms with Crippen molar-refractivity contribution >= 4 is 11.6 Å². The average molecular weight is 293 g/mol. The van der Waals surface area contributed by atoms with Crippen molar-refractivity contribution in [3.05, 3.63) is 34.4 Å². The van der Waals surface area contributed by atoms with Gasteiger partial charge >= 0.3 is 0 Å². The Morgan fingerprint density at radius 2 is 2.29 bits per heavy atom. The van der Waals surface area contributed by atoms with Gasteiger partial charge in [0.05, 0.1) is 11.0 Å². The number of ether oxygens (including phenoxy) is 1. The van der Waals surface area contributed by atoms with E-state index >= 15 is 0 Å². The van der Waals surface area contributed by atoms with Crippen LogP contribution in [0.1, 0.15) is 19.3 Å². The zero-order valence-electron chi connectivity index (χ0n) is 11.7. The molecule has 1 saturated carbocycles. The SMILES string of the molecule is NCC1CCCC1NC(=O)COc1cccc([N+](=O)[O-])c1. The molecule has 1 aliphatic carbocycles. The minimum atomic E-state index is -0.503. The second kappa shape index (κ2) is 7.03. The van der Waals surface area contributed by atoms with E-state index < -0.39 is 4.92 Å². The fourth-order valence-electron chi connectivity index (χ4n) is 2.59. The van der Waals surface area contributed by atoms with E-state index in [4.69, 9.17) is 10.5 Å². The number of carbonyl (C=O) groups is 1. The van der Waals surface area contributed by atoms with E-state index in [0.717, 1.165) is 19.3 Å². The number of amides is 1. The van der Waals surface area contributed by atoms with Gasteiger partial charge in [0.25, 0.3) is 11.6 Å². The number of non-ortho nitro benzene ring substituents is 1. The van der Waals surface area contributed by atoms with E-state index in [1.54, 1.807) is 6.07 Å². The molecule has 2 unspecified atom stereocenters. The van der Waals surface area contributed by atoms with Gasteiger partial charge in [-0.05, 0) is 31.4 Å². The number of nitrogens with one attached hydrogen (secondary N) is 1. The van der Waals surface area contributed by atoms with Gasteiger partial charge < -0.3 is 15.8 Å². The van der Waals surface area contributed by atoms with Crippen LogP contribution < -0.4 is 15.8 Å². The molecule has 2 rings (SSSR count). The number of benzene rings is 1. The monoisotopic (exact) mass is 293 g/mol. The molecule has 7 nitrogen and oxygen atoms in total. The van der Waals surface area contributed by atoms with E-state index in [9.17, 15) is 14.9 Å². The summed E-state index contributed by atoms with van der Waals surface area (Å²) in [6, 6.07) is 5.88. The Hall–Kier alpha value is -2.15. The topological polar surface area (TPSA) is 107 Å². The normalized spacial score (nSPS) is 21.0. The van der Waals surface area contributed by atoms with Crippen LogP contribution in [-0.2, 0) is 4.79 Å². The molecule has 0 radical (unpaired) electrons. The van der Waals surface area contributed by atoms with Crippen LogP contribution in [0.15, 0.2) is 24.3 Å². The van der Waals surface area contributed by atoms with Gasteiger partial charge in [-0.1, -0.05) is 12.5 Å². The van der Waals surface area contributed by atoms with Gasteiger partial charge in [-0.15, -0.1) is 0 Å². The first-order valence-corrected chi connectivity index (χ1v) is 6.97. The van der Waals surface area contributed by atoms with Crippen LogP contribution in [0, 0.1) is 16.0 Å². The van der Waals surface area contributed by atoms with Crippen LogP contribution in [0.3, 0.4) is 0 Å². The molecule has 1 aromatic rings. The smallest absolute Gasteiger partial charge is 0.273 e. The quantitative estimate of drug-likeness (QED) is 0.605. The third-order valence-electron chi connectivity index (χ3n) is 3.71. The zero-order chi connectivity index (χ0) is 15.2. The van der Waals surface area contributed by atoms with E-state index in [1.807, 2.05) is 0 Å². The fraction of sp³-hybridized carbons (Fsp3) is 0.500. The average Bonchev–Trinajstić information content (AvgIpc) is 2.92. The van der Waals surface area contributed by atoms with Crippen LogP contribution in [0.5, 0.6) is 5.75 Å². The largest absolute Gasteiger partial charge is 0.484 e. The summed E-state index contributed by atoms with van der Waals surface area (Å²) in [5, 5.41) is 13.6. The van der Waals surface area contributed by atoms with E-state index in [-0.39, 0.29) is 24.2 Å². The maximum Gasteiger partial charge on any atom is 0.273 e. The molecule has 0 aromatic heterocycles. The lowest BCUT2D eigenvalue weighted by Gasteiger charge is -2.19. The minimum Gasteiger partial charge on any atom is -0.484 e. The molecular weight excluding hydrogens is 274 g/mol. The number of nitrogens with zero attached hydrogens (tertiary/aromatic N) is 1. The summed E-state index contributed by atoms with van der Waals surface area (Å²) in [4.78, 5) is 22.0. The van der Waals surface area contributed by atoms with Crippen LogP contribution >= 0.6 is 0 Å². The Balaban J connectivity index is 1.84. The van der Waals surface area contributed by atoms with Crippen LogP contribution in [0.4, 0.5) is 5.69 Å². The lowest BCUT2D eigenvalue weighted by atomic mass is 10.0. The number of hydrogen-bond acceptors (Lipinski definition) is 5. The summed E-state index contributed by atoms with van der Waals surface area (Å²) in [5.74, 6) is 0.403. The first-order chi connectivity index (χ1) is 10.1. The van der Waals surface area contributed by atoms with E-state index in [2.05, 4.69) is 5.32 Å². The summed E-state index contributed by atoms with van der Waals surface area (Å²) >= 11 is 0. The summed E-state index contributed by atoms with van der Waals surface area (Å²) < 4.78 is 5.29. The Kier molecular flexibility index (Phi) is 5.10. The molecular formula is C14H19N3O4. The lowest BCUT2D eigenvalue weighted by Crippen LogP contribution is -2.42. The van der Waals surface area contributed by atoms with E-state index in [1.165, 1.54) is 18.2 Å². The van der Waals surface area contributed by atoms with Gasteiger partial charge in [0.1, 0.15) is 5.75 Å². The molecule has 0 aliphatic heterocycles. The Morgan fingerprint density at radius 1 is 1.48 bits per heavy atom. The third-order valence-corrected chi connectivity index (χ3v) is 3.71. The molecule has 2 atom stereocenters. The van der Waals surface area contributed by atoms with Gasteiger partial charge in [-0.2, -0.15) is 0 Å². The van der Waals surface area contributed by atoms with Crippen molar-refractivity contribution in [3.8, 4) is 5.75 Å². The van der Waals surface area contributed by atoms with Crippen LogP contribution in [0.25, 0.3) is 0 Å². The Morgan fingerprint density at radius 3 is 3.00 bits per heavy atom. The molecule has 1 fully saturated rings. The van der Waals surface area contributed by atoms with Crippen molar-refractivity contribution in [2.75, 3.05) is 13.2 Å². The highest BCUT2D eigenvalue weighted by Crippen LogP contribution is 2.24. The van der Waals surface area contributed by atoms with Crippen molar-refractivity contribution in [1.29, 1.82) is 0 Å². The number of rotatable bonds is 6. The number of hydrogen-bond donors (Lipinski definition) is 2. The molecule has 1 aromatic carbocycles. The van der Waals surface area contributed by atoms with Gasteiger partial charge in [0.15, 0.2) is 6.61 Å². The predicted molar refractivity (Wildman–Crippen MR) is 76.9 cm³/mol. The molecule has 1 aliphatic rings. The second-order valence-corrected chi connectivity index (χ2v) is 5.14. The van der Waals surface area contributed by atoms with Crippen molar-refractivity contribution in [2.24, 2.45) is 11.7 Å². The summed E-state index contributed by atoms with van der Waals surface area (Å²) in [6.07, 6.45) is 3.04. The maximum atomic E-state index is 11.8. The van der Waals surface area contributed by atoms with Crippen molar-refractivity contribution < 1.29 is 14.5 Å². The standard InChI is InChI=1S/C14H19N3O4/c15-8-10-3-1-6-13(10)16-14(18)9-21-12-5-2-4-11(7-12)17(19)20/h2,4-5,7,10,13H,1,3,6,8-9,15H2,(H,16,18). The van der Waals surface area contributed by atoms with Gasteiger partial charge in [-0.25, -0.2) is 0 Å². The molecule has 0 spiro atoms. The molecule has 0 heterocycles. The van der Waals surface area contributed by atoms with E-state index in [0.29, 0.717) is 18.2 Å². The molecule has 21 heavy (non-hydrogen) atoms. The summed E-state index contributed by atoms with van der Waals surface area (Å²) in [7, 11) is 0. The van der Waals surface area contributed by atoms with Crippen molar-refractivity contribution in [2.45, 2.75) is 25.3 Å². The Bertz CT molecular complexity index is 521. The number of nitro benzene ring substituents is 1. The molecule has 0 bridgehead atoms. The molecule has 0 saturated heterocycles. The minimum absolute atomic E-state index is 0.0631. The molecule has 1 amide bonds. The van der Waals surface area contributed by atoms with Gasteiger partial charge in [0.2, 0.25) is 0 Å². The number of nitro groups is 1.